The second-order valence-corrected chi connectivity index (χ2v) is 22.0. The van der Waals surface area contributed by atoms with Crippen molar-refractivity contribution in [3.63, 3.8) is 0 Å². The lowest BCUT2D eigenvalue weighted by Gasteiger charge is -2.19. The fraction of sp³-hybridized carbons (Fsp3) is 0.900. The van der Waals surface area contributed by atoms with E-state index in [1.807, 2.05) is 0 Å². The number of carbonyl (C=O) groups is 2. The summed E-state index contributed by atoms with van der Waals surface area (Å²) < 4.78 is 33.0. The van der Waals surface area contributed by atoms with Gasteiger partial charge in [-0.3, -0.25) is 18.6 Å². The Balaban J connectivity index is 3.83. The Kier molecular flexibility index (Phi) is 55.6. The fourth-order valence-corrected chi connectivity index (χ4v) is 9.85. The summed E-state index contributed by atoms with van der Waals surface area (Å²) in [4.78, 5) is 35.2. The van der Waals surface area contributed by atoms with Crippen molar-refractivity contribution >= 4 is 19.8 Å². The summed E-state index contributed by atoms with van der Waals surface area (Å²) in [5.41, 5.74) is 5.38. The molecule has 0 fully saturated rings. The molecule has 0 aliphatic carbocycles. The molecule has 70 heavy (non-hydrogen) atoms. The second-order valence-electron chi connectivity index (χ2n) is 20.6. The molecule has 0 amide bonds. The van der Waals surface area contributed by atoms with Crippen LogP contribution in [0, 0.1) is 0 Å². The number of carbonyl (C=O) groups excluding carboxylic acids is 2. The molecule has 0 aromatic heterocycles. The zero-order valence-electron chi connectivity index (χ0n) is 46.3. The number of unbranched alkanes of at least 4 members (excludes halogenated alkanes) is 41. The number of allylic oxidation sites excluding steroid dienone is 4. The molecule has 2 atom stereocenters. The Morgan fingerprint density at radius 1 is 0.429 bits per heavy atom. The van der Waals surface area contributed by atoms with E-state index in [0.717, 1.165) is 38.5 Å². The third-order valence-corrected chi connectivity index (χ3v) is 14.6. The lowest BCUT2D eigenvalue weighted by molar-refractivity contribution is -0.161. The van der Waals surface area contributed by atoms with Crippen LogP contribution in [0.3, 0.4) is 0 Å². The predicted octanol–water partition coefficient (Wildman–Crippen LogP) is 19.0. The normalized spacial score (nSPS) is 13.1. The molecular formula is C60H116NO8P. The first kappa shape index (κ1) is 68.5. The zero-order chi connectivity index (χ0) is 51.0. The highest BCUT2D eigenvalue weighted by atomic mass is 31.2. The van der Waals surface area contributed by atoms with E-state index < -0.39 is 26.5 Å². The minimum absolute atomic E-state index is 0.0569. The maximum atomic E-state index is 12.7. The number of phosphoric acid groups is 1. The van der Waals surface area contributed by atoms with Gasteiger partial charge >= 0.3 is 19.8 Å². The Hall–Kier alpha value is -1.51. The monoisotopic (exact) mass is 1010 g/mol. The average Bonchev–Trinajstić information content (AvgIpc) is 3.35. The lowest BCUT2D eigenvalue weighted by Crippen LogP contribution is -2.29. The highest BCUT2D eigenvalue weighted by molar-refractivity contribution is 7.47. The van der Waals surface area contributed by atoms with Crippen LogP contribution in [0.5, 0.6) is 0 Å². The lowest BCUT2D eigenvalue weighted by atomic mass is 10.0. The topological polar surface area (TPSA) is 134 Å². The number of ether oxygens (including phenoxy) is 2. The number of phosphoric ester groups is 1. The molecule has 0 aliphatic heterocycles. The van der Waals surface area contributed by atoms with E-state index in [9.17, 15) is 19.0 Å². The smallest absolute Gasteiger partial charge is 0.462 e. The average molecular weight is 1010 g/mol. The van der Waals surface area contributed by atoms with Crippen molar-refractivity contribution in [2.24, 2.45) is 5.73 Å². The maximum absolute atomic E-state index is 12.7. The van der Waals surface area contributed by atoms with E-state index in [0.29, 0.717) is 6.42 Å². The van der Waals surface area contributed by atoms with Gasteiger partial charge in [0.05, 0.1) is 13.2 Å². The van der Waals surface area contributed by atoms with Crippen molar-refractivity contribution < 1.29 is 37.6 Å². The van der Waals surface area contributed by atoms with E-state index in [-0.39, 0.29) is 38.6 Å². The first-order valence-corrected chi connectivity index (χ1v) is 31.8. The van der Waals surface area contributed by atoms with E-state index in [1.54, 1.807) is 0 Å². The van der Waals surface area contributed by atoms with Crippen LogP contribution in [-0.2, 0) is 32.7 Å². The summed E-state index contributed by atoms with van der Waals surface area (Å²) in [5.74, 6) is -0.807. The van der Waals surface area contributed by atoms with Gasteiger partial charge in [-0.15, -0.1) is 0 Å². The summed E-state index contributed by atoms with van der Waals surface area (Å²) in [6, 6.07) is 0. The first-order chi connectivity index (χ1) is 34.3. The van der Waals surface area contributed by atoms with Gasteiger partial charge in [-0.2, -0.15) is 0 Å². The molecule has 0 rings (SSSR count). The highest BCUT2D eigenvalue weighted by Gasteiger charge is 2.26. The standard InChI is InChI=1S/C60H116NO8P/c1-3-5-7-9-11-13-15-17-19-21-22-23-24-25-26-27-28-29-30-31-32-33-34-35-36-37-39-41-43-45-47-49-51-53-60(63)69-58(57-68-70(64,65)67-55-54-61)56-66-59(62)52-50-48-46-44-42-40-38-20-18-16-14-12-10-8-6-4-2/h15,17,21-22,58H,3-14,16,18-20,23-57,61H2,1-2H3,(H,64,65)/b17-15-,22-21-. The number of hydrogen-bond donors (Lipinski definition) is 2. The van der Waals surface area contributed by atoms with Gasteiger partial charge in [-0.05, 0) is 44.9 Å². The van der Waals surface area contributed by atoms with Crippen LogP contribution >= 0.6 is 7.82 Å². The Morgan fingerprint density at radius 2 is 0.743 bits per heavy atom. The molecule has 0 aliphatic rings. The molecule has 2 unspecified atom stereocenters. The summed E-state index contributed by atoms with van der Waals surface area (Å²) in [7, 11) is -4.38. The van der Waals surface area contributed by atoms with Gasteiger partial charge in [-0.25, -0.2) is 4.57 Å². The molecule has 414 valence electrons. The van der Waals surface area contributed by atoms with Gasteiger partial charge in [0.1, 0.15) is 6.61 Å². The van der Waals surface area contributed by atoms with Crippen LogP contribution in [0.4, 0.5) is 0 Å². The van der Waals surface area contributed by atoms with Crippen molar-refractivity contribution in [2.75, 3.05) is 26.4 Å². The molecule has 0 heterocycles. The van der Waals surface area contributed by atoms with Crippen LogP contribution in [0.2, 0.25) is 0 Å². The predicted molar refractivity (Wildman–Crippen MR) is 298 cm³/mol. The van der Waals surface area contributed by atoms with Crippen LogP contribution in [0.25, 0.3) is 0 Å². The largest absolute Gasteiger partial charge is 0.472 e. The molecule has 10 heteroatoms. The molecule has 0 spiro atoms. The van der Waals surface area contributed by atoms with Crippen LogP contribution in [0.15, 0.2) is 24.3 Å². The van der Waals surface area contributed by atoms with E-state index in [4.69, 9.17) is 24.3 Å². The van der Waals surface area contributed by atoms with Crippen LogP contribution in [-0.4, -0.2) is 49.3 Å². The maximum Gasteiger partial charge on any atom is 0.472 e. The number of rotatable bonds is 58. The molecular weight excluding hydrogens is 894 g/mol. The third-order valence-electron chi connectivity index (χ3n) is 13.6. The van der Waals surface area contributed by atoms with Gasteiger partial charge in [0.15, 0.2) is 6.10 Å². The number of hydrogen-bond acceptors (Lipinski definition) is 8. The molecule has 0 aromatic carbocycles. The van der Waals surface area contributed by atoms with Crippen molar-refractivity contribution in [1.29, 1.82) is 0 Å². The number of esters is 2. The van der Waals surface area contributed by atoms with E-state index >= 15 is 0 Å². The Labute approximate surface area is 433 Å². The molecule has 9 nitrogen and oxygen atoms in total. The molecule has 0 saturated carbocycles. The minimum Gasteiger partial charge on any atom is -0.462 e. The zero-order valence-corrected chi connectivity index (χ0v) is 47.2. The fourth-order valence-electron chi connectivity index (χ4n) is 9.08. The van der Waals surface area contributed by atoms with Crippen LogP contribution in [0.1, 0.15) is 316 Å². The number of nitrogens with two attached hydrogens (primary N) is 1. The van der Waals surface area contributed by atoms with E-state index in [1.165, 1.54) is 244 Å². The summed E-state index contributed by atoms with van der Waals surface area (Å²) in [6.45, 7) is 3.79. The second kappa shape index (κ2) is 56.8. The van der Waals surface area contributed by atoms with Gasteiger partial charge in [0.25, 0.3) is 0 Å². The molecule has 0 bridgehead atoms. The van der Waals surface area contributed by atoms with E-state index in [2.05, 4.69) is 38.2 Å². The van der Waals surface area contributed by atoms with Gasteiger partial charge in [0.2, 0.25) is 0 Å². The minimum atomic E-state index is -4.38. The summed E-state index contributed by atoms with van der Waals surface area (Å²) in [6.07, 6.45) is 66.8. The summed E-state index contributed by atoms with van der Waals surface area (Å²) >= 11 is 0. The van der Waals surface area contributed by atoms with Crippen molar-refractivity contribution in [3.8, 4) is 0 Å². The van der Waals surface area contributed by atoms with Gasteiger partial charge < -0.3 is 20.1 Å². The molecule has 0 saturated heterocycles. The Bertz CT molecular complexity index is 1200. The van der Waals surface area contributed by atoms with Crippen molar-refractivity contribution in [2.45, 2.75) is 322 Å². The Morgan fingerprint density at radius 3 is 1.09 bits per heavy atom. The molecule has 3 N–H and O–H groups in total. The van der Waals surface area contributed by atoms with Crippen molar-refractivity contribution in [1.82, 2.24) is 0 Å². The van der Waals surface area contributed by atoms with Gasteiger partial charge in [-0.1, -0.05) is 282 Å². The quantitative estimate of drug-likeness (QED) is 0.0264. The molecule has 0 radical (unpaired) electrons. The first-order valence-electron chi connectivity index (χ1n) is 30.3. The highest BCUT2D eigenvalue weighted by Crippen LogP contribution is 2.43. The SMILES string of the molecule is CCCCCCC/C=C\C/C=C\CCCCCCCCCCCCCCCCCCCCCCCC(=O)OC(COC(=O)CCCCCCCCCCCCCCCCCC)COP(=O)(O)OCCN. The van der Waals surface area contributed by atoms with Gasteiger partial charge in [0, 0.05) is 19.4 Å². The summed E-state index contributed by atoms with van der Waals surface area (Å²) in [5, 5.41) is 0. The van der Waals surface area contributed by atoms with Crippen molar-refractivity contribution in [3.05, 3.63) is 24.3 Å². The molecule has 0 aromatic rings. The third kappa shape index (κ3) is 55.8. The van der Waals surface area contributed by atoms with Crippen LogP contribution < -0.4 is 5.73 Å².